The normalized spacial score (nSPS) is 18.0. The summed E-state index contributed by atoms with van der Waals surface area (Å²) in [6.07, 6.45) is 4.53. The molecular weight excluding hydrogens is 214 g/mol. The number of rotatable bonds is 3. The summed E-state index contributed by atoms with van der Waals surface area (Å²) in [7, 11) is 1.86. The van der Waals surface area contributed by atoms with E-state index in [0.717, 1.165) is 24.4 Å². The number of nitrogens with one attached hydrogen (secondary N) is 1. The number of nitrogens with zero attached hydrogens (tertiary/aromatic N) is 3. The van der Waals surface area contributed by atoms with Gasteiger partial charge in [0.05, 0.1) is 11.2 Å². The molecule has 0 unspecified atom stereocenters. The molecule has 5 nitrogen and oxygen atoms in total. The molecule has 0 saturated heterocycles. The molecule has 0 atom stereocenters. The van der Waals surface area contributed by atoms with Crippen LogP contribution in [-0.2, 0) is 7.05 Å². The predicted molar refractivity (Wildman–Crippen MR) is 66.5 cm³/mol. The molecule has 1 fully saturated rings. The summed E-state index contributed by atoms with van der Waals surface area (Å²) in [6.45, 7) is 2.45. The number of nitrogens with two attached hydrogens (primary N) is 1. The molecule has 92 valence electrons. The van der Waals surface area contributed by atoms with Gasteiger partial charge in [-0.3, -0.25) is 4.68 Å². The average Bonchev–Trinajstić information content (AvgIpc) is 2.87. The first-order valence-corrected chi connectivity index (χ1v) is 6.04. The number of aromatic nitrogens is 2. The van der Waals surface area contributed by atoms with Crippen molar-refractivity contribution in [3.8, 4) is 6.07 Å². The largest absolute Gasteiger partial charge is 0.362 e. The van der Waals surface area contributed by atoms with Crippen molar-refractivity contribution in [3.63, 3.8) is 0 Å². The molecule has 2 rings (SSSR count). The fraction of sp³-hybridized carbons (Fsp3) is 0.667. The van der Waals surface area contributed by atoms with Crippen LogP contribution in [0.2, 0.25) is 0 Å². The topological polar surface area (TPSA) is 79.7 Å². The summed E-state index contributed by atoms with van der Waals surface area (Å²) in [4.78, 5) is 0. The average molecular weight is 233 g/mol. The lowest BCUT2D eigenvalue weighted by molar-refractivity contribution is 0.487. The highest BCUT2D eigenvalue weighted by atomic mass is 15.3. The van der Waals surface area contributed by atoms with Gasteiger partial charge < -0.3 is 11.1 Å². The van der Waals surface area contributed by atoms with Crippen LogP contribution in [0.4, 0.5) is 5.82 Å². The smallest absolute Gasteiger partial charge is 0.142 e. The SMILES string of the molecule is Cc1nn(C)c(NC2(CN)CCCC2)c1C#N. The summed E-state index contributed by atoms with van der Waals surface area (Å²) in [5, 5.41) is 16.9. The molecular formula is C12H19N5. The third-order valence-electron chi connectivity index (χ3n) is 3.67. The van der Waals surface area contributed by atoms with Crippen LogP contribution in [0, 0.1) is 18.3 Å². The lowest BCUT2D eigenvalue weighted by atomic mass is 9.97. The molecule has 3 N–H and O–H groups in total. The van der Waals surface area contributed by atoms with Crippen molar-refractivity contribution in [1.82, 2.24) is 9.78 Å². The molecule has 1 saturated carbocycles. The van der Waals surface area contributed by atoms with Crippen LogP contribution in [0.15, 0.2) is 0 Å². The molecule has 1 aliphatic rings. The molecule has 0 bridgehead atoms. The van der Waals surface area contributed by atoms with Crippen LogP contribution >= 0.6 is 0 Å². The molecule has 0 spiro atoms. The maximum Gasteiger partial charge on any atom is 0.142 e. The first-order valence-electron chi connectivity index (χ1n) is 6.04. The van der Waals surface area contributed by atoms with E-state index in [4.69, 9.17) is 11.0 Å². The second-order valence-electron chi connectivity index (χ2n) is 4.86. The Morgan fingerprint density at radius 3 is 2.71 bits per heavy atom. The quantitative estimate of drug-likeness (QED) is 0.824. The molecule has 1 heterocycles. The Morgan fingerprint density at radius 2 is 2.18 bits per heavy atom. The highest BCUT2D eigenvalue weighted by Crippen LogP contribution is 2.33. The van der Waals surface area contributed by atoms with Gasteiger partial charge in [-0.05, 0) is 19.8 Å². The van der Waals surface area contributed by atoms with Crippen molar-refractivity contribution in [3.05, 3.63) is 11.3 Å². The van der Waals surface area contributed by atoms with Crippen LogP contribution in [0.3, 0.4) is 0 Å². The van der Waals surface area contributed by atoms with E-state index in [1.54, 1.807) is 4.68 Å². The third kappa shape index (κ3) is 2.01. The number of hydrogen-bond donors (Lipinski definition) is 2. The first-order chi connectivity index (χ1) is 8.12. The lowest BCUT2D eigenvalue weighted by Crippen LogP contribution is -2.43. The standard InChI is InChI=1S/C12H19N5/c1-9-10(7-13)11(17(2)16-9)15-12(8-14)5-3-4-6-12/h15H,3-6,8,14H2,1-2H3. The lowest BCUT2D eigenvalue weighted by Gasteiger charge is -2.29. The first kappa shape index (κ1) is 11.9. The minimum Gasteiger partial charge on any atom is -0.362 e. The van der Waals surface area contributed by atoms with E-state index >= 15 is 0 Å². The van der Waals surface area contributed by atoms with Crippen LogP contribution < -0.4 is 11.1 Å². The molecule has 1 aromatic rings. The van der Waals surface area contributed by atoms with Crippen LogP contribution in [0.5, 0.6) is 0 Å². The fourth-order valence-electron chi connectivity index (χ4n) is 2.62. The molecule has 1 aliphatic carbocycles. The van der Waals surface area contributed by atoms with E-state index < -0.39 is 0 Å². The van der Waals surface area contributed by atoms with Gasteiger partial charge in [0.15, 0.2) is 0 Å². The van der Waals surface area contributed by atoms with Gasteiger partial charge >= 0.3 is 0 Å². The Kier molecular flexibility index (Phi) is 3.07. The summed E-state index contributed by atoms with van der Waals surface area (Å²) in [5.41, 5.74) is 7.24. The number of hydrogen-bond acceptors (Lipinski definition) is 4. The van der Waals surface area contributed by atoms with Crippen molar-refractivity contribution in [2.45, 2.75) is 38.1 Å². The van der Waals surface area contributed by atoms with Gasteiger partial charge in [0.2, 0.25) is 0 Å². The van der Waals surface area contributed by atoms with Crippen molar-refractivity contribution in [2.24, 2.45) is 12.8 Å². The van der Waals surface area contributed by atoms with Gasteiger partial charge in [-0.15, -0.1) is 0 Å². The highest BCUT2D eigenvalue weighted by Gasteiger charge is 2.34. The van der Waals surface area contributed by atoms with E-state index in [1.165, 1.54) is 12.8 Å². The van der Waals surface area contributed by atoms with Crippen molar-refractivity contribution in [1.29, 1.82) is 5.26 Å². The zero-order valence-corrected chi connectivity index (χ0v) is 10.5. The molecule has 17 heavy (non-hydrogen) atoms. The van der Waals surface area contributed by atoms with E-state index in [2.05, 4.69) is 16.5 Å². The maximum absolute atomic E-state index is 9.17. The van der Waals surface area contributed by atoms with E-state index in [9.17, 15) is 0 Å². The molecule has 0 radical (unpaired) electrons. The number of aryl methyl sites for hydroxylation is 2. The number of nitriles is 1. The molecule has 0 aliphatic heterocycles. The maximum atomic E-state index is 9.17. The molecule has 0 aromatic carbocycles. The minimum absolute atomic E-state index is 0.0498. The summed E-state index contributed by atoms with van der Waals surface area (Å²) in [6, 6.07) is 2.21. The third-order valence-corrected chi connectivity index (χ3v) is 3.67. The summed E-state index contributed by atoms with van der Waals surface area (Å²) < 4.78 is 1.74. The van der Waals surface area contributed by atoms with Crippen molar-refractivity contribution >= 4 is 5.82 Å². The number of anilines is 1. The zero-order valence-electron chi connectivity index (χ0n) is 10.5. The summed E-state index contributed by atoms with van der Waals surface area (Å²) >= 11 is 0. The van der Waals surface area contributed by atoms with E-state index in [-0.39, 0.29) is 5.54 Å². The Balaban J connectivity index is 2.32. The Bertz CT molecular complexity index is 448. The van der Waals surface area contributed by atoms with Gasteiger partial charge in [0.25, 0.3) is 0 Å². The second-order valence-corrected chi connectivity index (χ2v) is 4.86. The van der Waals surface area contributed by atoms with Crippen molar-refractivity contribution in [2.75, 3.05) is 11.9 Å². The van der Waals surface area contributed by atoms with Crippen LogP contribution in [-0.4, -0.2) is 21.9 Å². The predicted octanol–water partition coefficient (Wildman–Crippen LogP) is 1.28. The van der Waals surface area contributed by atoms with Gasteiger partial charge in [0.1, 0.15) is 17.5 Å². The Labute approximate surface area is 102 Å². The monoisotopic (exact) mass is 233 g/mol. The minimum atomic E-state index is -0.0498. The fourth-order valence-corrected chi connectivity index (χ4v) is 2.62. The Morgan fingerprint density at radius 1 is 1.53 bits per heavy atom. The highest BCUT2D eigenvalue weighted by molar-refractivity contribution is 5.56. The van der Waals surface area contributed by atoms with E-state index in [0.29, 0.717) is 12.1 Å². The molecule has 0 amide bonds. The van der Waals surface area contributed by atoms with E-state index in [1.807, 2.05) is 14.0 Å². The molecule has 5 heteroatoms. The zero-order chi connectivity index (χ0) is 12.5. The van der Waals surface area contributed by atoms with Gasteiger partial charge in [0, 0.05) is 13.6 Å². The van der Waals surface area contributed by atoms with Gasteiger partial charge in [-0.2, -0.15) is 10.4 Å². The van der Waals surface area contributed by atoms with Crippen molar-refractivity contribution < 1.29 is 0 Å². The second kappa shape index (κ2) is 4.38. The Hall–Kier alpha value is -1.54. The van der Waals surface area contributed by atoms with Crippen LogP contribution in [0.25, 0.3) is 0 Å². The molecule has 1 aromatic heterocycles. The van der Waals surface area contributed by atoms with Crippen LogP contribution in [0.1, 0.15) is 36.9 Å². The van der Waals surface area contributed by atoms with Gasteiger partial charge in [-0.25, -0.2) is 0 Å². The van der Waals surface area contributed by atoms with Gasteiger partial charge in [-0.1, -0.05) is 12.8 Å². The summed E-state index contributed by atoms with van der Waals surface area (Å²) in [5.74, 6) is 0.803.